The maximum atomic E-state index is 13.7. The Bertz CT molecular complexity index is 363. The lowest BCUT2D eigenvalue weighted by molar-refractivity contribution is 0.250. The zero-order chi connectivity index (χ0) is 12.3. The molecule has 0 radical (unpaired) electrons. The molecule has 1 aromatic carbocycles. The quantitative estimate of drug-likeness (QED) is 0.676. The Morgan fingerprint density at radius 3 is 2.44 bits per heavy atom. The SMILES string of the molecule is CC(C)C(C)(CCl)Cc1ccc(Cl)cc1F. The van der Waals surface area contributed by atoms with Crippen LogP contribution in [0.2, 0.25) is 5.02 Å². The minimum atomic E-state index is -0.246. The maximum absolute atomic E-state index is 13.7. The van der Waals surface area contributed by atoms with Gasteiger partial charge in [-0.15, -0.1) is 11.6 Å². The van der Waals surface area contributed by atoms with E-state index in [9.17, 15) is 4.39 Å². The fourth-order valence-electron chi connectivity index (χ4n) is 1.51. The lowest BCUT2D eigenvalue weighted by Gasteiger charge is -2.31. The van der Waals surface area contributed by atoms with Gasteiger partial charge in [-0.1, -0.05) is 38.4 Å². The molecule has 0 saturated carbocycles. The topological polar surface area (TPSA) is 0 Å². The Kier molecular flexibility index (Phi) is 4.63. The fraction of sp³-hybridized carbons (Fsp3) is 0.538. The van der Waals surface area contributed by atoms with E-state index in [-0.39, 0.29) is 11.2 Å². The summed E-state index contributed by atoms with van der Waals surface area (Å²) < 4.78 is 13.7. The van der Waals surface area contributed by atoms with E-state index in [1.165, 1.54) is 6.07 Å². The van der Waals surface area contributed by atoms with Crippen LogP contribution in [0.5, 0.6) is 0 Å². The van der Waals surface area contributed by atoms with E-state index in [1.54, 1.807) is 12.1 Å². The molecule has 1 atom stereocenters. The van der Waals surface area contributed by atoms with Crippen molar-refractivity contribution in [3.05, 3.63) is 34.6 Å². The van der Waals surface area contributed by atoms with Gasteiger partial charge in [0.15, 0.2) is 0 Å². The van der Waals surface area contributed by atoms with Gasteiger partial charge in [0.1, 0.15) is 5.82 Å². The van der Waals surface area contributed by atoms with Crippen molar-refractivity contribution >= 4 is 23.2 Å². The summed E-state index contributed by atoms with van der Waals surface area (Å²) in [5.74, 6) is 0.678. The average molecular weight is 263 g/mol. The highest BCUT2D eigenvalue weighted by Gasteiger charge is 2.28. The molecule has 16 heavy (non-hydrogen) atoms. The van der Waals surface area contributed by atoms with Gasteiger partial charge in [0.05, 0.1) is 0 Å². The van der Waals surface area contributed by atoms with E-state index in [2.05, 4.69) is 20.8 Å². The molecule has 0 aliphatic carbocycles. The van der Waals surface area contributed by atoms with Crippen molar-refractivity contribution < 1.29 is 4.39 Å². The number of rotatable bonds is 4. The second-order valence-electron chi connectivity index (χ2n) is 4.85. The number of alkyl halides is 1. The maximum Gasteiger partial charge on any atom is 0.127 e. The zero-order valence-electron chi connectivity index (χ0n) is 9.86. The van der Waals surface area contributed by atoms with Crippen LogP contribution in [0.1, 0.15) is 26.3 Å². The number of hydrogen-bond acceptors (Lipinski definition) is 0. The molecular weight excluding hydrogens is 246 g/mol. The van der Waals surface area contributed by atoms with Crippen molar-refractivity contribution in [1.29, 1.82) is 0 Å². The van der Waals surface area contributed by atoms with Gasteiger partial charge in [0, 0.05) is 10.9 Å². The molecular formula is C13H17Cl2F. The summed E-state index contributed by atoms with van der Waals surface area (Å²) >= 11 is 11.7. The van der Waals surface area contributed by atoms with E-state index in [4.69, 9.17) is 23.2 Å². The molecule has 90 valence electrons. The van der Waals surface area contributed by atoms with Crippen LogP contribution in [0.15, 0.2) is 18.2 Å². The fourth-order valence-corrected chi connectivity index (χ4v) is 2.07. The molecule has 3 heteroatoms. The molecule has 0 aliphatic heterocycles. The summed E-state index contributed by atoms with van der Waals surface area (Å²) in [5, 5.41) is 0.429. The Labute approximate surface area is 107 Å². The van der Waals surface area contributed by atoms with E-state index >= 15 is 0 Å². The van der Waals surface area contributed by atoms with Crippen LogP contribution in [-0.4, -0.2) is 5.88 Å². The third kappa shape index (κ3) is 3.11. The van der Waals surface area contributed by atoms with Gasteiger partial charge < -0.3 is 0 Å². The van der Waals surface area contributed by atoms with Gasteiger partial charge in [-0.2, -0.15) is 0 Å². The van der Waals surface area contributed by atoms with E-state index in [0.29, 0.717) is 28.8 Å². The van der Waals surface area contributed by atoms with Crippen LogP contribution in [0, 0.1) is 17.2 Å². The van der Waals surface area contributed by atoms with Gasteiger partial charge in [0.2, 0.25) is 0 Å². The van der Waals surface area contributed by atoms with Gasteiger partial charge in [0.25, 0.3) is 0 Å². The van der Waals surface area contributed by atoms with Crippen LogP contribution >= 0.6 is 23.2 Å². The normalized spacial score (nSPS) is 15.2. The summed E-state index contributed by atoms with van der Waals surface area (Å²) in [6.45, 7) is 6.30. The van der Waals surface area contributed by atoms with Gasteiger partial charge >= 0.3 is 0 Å². The second kappa shape index (κ2) is 5.37. The van der Waals surface area contributed by atoms with Crippen LogP contribution in [-0.2, 0) is 6.42 Å². The lowest BCUT2D eigenvalue weighted by Crippen LogP contribution is -2.28. The molecule has 1 aromatic rings. The van der Waals surface area contributed by atoms with Crippen LogP contribution in [0.4, 0.5) is 4.39 Å². The molecule has 0 fully saturated rings. The summed E-state index contributed by atoms with van der Waals surface area (Å²) in [4.78, 5) is 0. The Morgan fingerprint density at radius 1 is 1.38 bits per heavy atom. The Balaban J connectivity index is 2.95. The molecule has 0 saturated heterocycles. The third-order valence-corrected chi connectivity index (χ3v) is 4.15. The van der Waals surface area contributed by atoms with Gasteiger partial charge in [-0.05, 0) is 35.4 Å². The average Bonchev–Trinajstić information content (AvgIpc) is 2.22. The predicted molar refractivity (Wildman–Crippen MR) is 68.8 cm³/mol. The summed E-state index contributed by atoms with van der Waals surface area (Å²) in [6.07, 6.45) is 0.636. The first-order chi connectivity index (χ1) is 7.39. The summed E-state index contributed by atoms with van der Waals surface area (Å²) in [5.41, 5.74) is 0.595. The molecule has 0 nitrogen and oxygen atoms in total. The molecule has 0 N–H and O–H groups in total. The minimum Gasteiger partial charge on any atom is -0.207 e. The highest BCUT2D eigenvalue weighted by atomic mass is 35.5. The van der Waals surface area contributed by atoms with Gasteiger partial charge in [-0.3, -0.25) is 0 Å². The third-order valence-electron chi connectivity index (χ3n) is 3.31. The lowest BCUT2D eigenvalue weighted by atomic mass is 9.76. The smallest absolute Gasteiger partial charge is 0.127 e. The number of benzene rings is 1. The van der Waals surface area contributed by atoms with Crippen LogP contribution < -0.4 is 0 Å². The van der Waals surface area contributed by atoms with E-state index in [1.807, 2.05) is 0 Å². The Morgan fingerprint density at radius 2 is 2.00 bits per heavy atom. The second-order valence-corrected chi connectivity index (χ2v) is 5.56. The monoisotopic (exact) mass is 262 g/mol. The largest absolute Gasteiger partial charge is 0.207 e. The summed E-state index contributed by atoms with van der Waals surface area (Å²) in [7, 11) is 0. The van der Waals surface area contributed by atoms with Crippen LogP contribution in [0.25, 0.3) is 0 Å². The summed E-state index contributed by atoms with van der Waals surface area (Å²) in [6, 6.07) is 4.81. The standard InChI is InChI=1S/C13H17Cl2F/c1-9(2)13(3,8-14)7-10-4-5-11(15)6-12(10)16/h4-6,9H,7-8H2,1-3H3. The first-order valence-electron chi connectivity index (χ1n) is 5.39. The Hall–Kier alpha value is -0.270. The van der Waals surface area contributed by atoms with Gasteiger partial charge in [-0.25, -0.2) is 4.39 Å². The zero-order valence-corrected chi connectivity index (χ0v) is 11.4. The number of halogens is 3. The predicted octanol–water partition coefficient (Wildman–Crippen LogP) is 4.92. The first kappa shape index (κ1) is 13.8. The van der Waals surface area contributed by atoms with Crippen LogP contribution in [0.3, 0.4) is 0 Å². The van der Waals surface area contributed by atoms with Crippen molar-refractivity contribution in [1.82, 2.24) is 0 Å². The van der Waals surface area contributed by atoms with Crippen molar-refractivity contribution in [2.75, 3.05) is 5.88 Å². The molecule has 0 amide bonds. The highest BCUT2D eigenvalue weighted by Crippen LogP contribution is 2.33. The molecule has 1 rings (SSSR count). The molecule has 0 heterocycles. The molecule has 0 bridgehead atoms. The van der Waals surface area contributed by atoms with Crippen molar-refractivity contribution in [3.8, 4) is 0 Å². The van der Waals surface area contributed by atoms with E-state index in [0.717, 1.165) is 0 Å². The highest BCUT2D eigenvalue weighted by molar-refractivity contribution is 6.30. The number of hydrogen-bond donors (Lipinski definition) is 0. The van der Waals surface area contributed by atoms with Crippen molar-refractivity contribution in [2.45, 2.75) is 27.2 Å². The van der Waals surface area contributed by atoms with Crippen molar-refractivity contribution in [3.63, 3.8) is 0 Å². The van der Waals surface area contributed by atoms with Crippen molar-refractivity contribution in [2.24, 2.45) is 11.3 Å². The first-order valence-corrected chi connectivity index (χ1v) is 6.30. The molecule has 0 aromatic heterocycles. The molecule has 1 unspecified atom stereocenters. The molecule has 0 aliphatic rings. The van der Waals surface area contributed by atoms with E-state index < -0.39 is 0 Å². The minimum absolute atomic E-state index is 0.0871. The molecule has 0 spiro atoms.